The topological polar surface area (TPSA) is 49.4 Å². The summed E-state index contributed by atoms with van der Waals surface area (Å²) in [4.78, 5) is 23.8. The lowest BCUT2D eigenvalue weighted by molar-refractivity contribution is -0.186. The number of carbonyl (C=O) groups is 2. The zero-order valence-electron chi connectivity index (χ0n) is 13.4. The first-order chi connectivity index (χ1) is 11.8. The fourth-order valence-corrected chi connectivity index (χ4v) is 3.02. The summed E-state index contributed by atoms with van der Waals surface area (Å²) >= 11 is 3.35. The summed E-state index contributed by atoms with van der Waals surface area (Å²) in [5.41, 5.74) is 0.878. The Bertz CT molecular complexity index is 654. The Kier molecular flexibility index (Phi) is 6.64. The quantitative estimate of drug-likeness (QED) is 0.761. The molecule has 0 saturated carbocycles. The van der Waals surface area contributed by atoms with Crippen molar-refractivity contribution in [3.63, 3.8) is 0 Å². The Hall–Kier alpha value is -1.83. The first-order valence-electron chi connectivity index (χ1n) is 7.83. The SMILES string of the molecule is O=C(/C=C/c1cccc(Br)c1)NCC1CCN(C(=O)C(F)(F)F)CC1. The highest BCUT2D eigenvalue weighted by Crippen LogP contribution is 2.23. The molecule has 0 spiro atoms. The van der Waals surface area contributed by atoms with Crippen molar-refractivity contribution in [2.45, 2.75) is 19.0 Å². The highest BCUT2D eigenvalue weighted by atomic mass is 79.9. The maximum absolute atomic E-state index is 12.4. The van der Waals surface area contributed by atoms with Crippen molar-refractivity contribution in [2.24, 2.45) is 5.92 Å². The van der Waals surface area contributed by atoms with E-state index >= 15 is 0 Å². The summed E-state index contributed by atoms with van der Waals surface area (Å²) in [6.07, 6.45) is -0.831. The van der Waals surface area contributed by atoms with Gasteiger partial charge in [0.15, 0.2) is 0 Å². The molecule has 1 saturated heterocycles. The first-order valence-corrected chi connectivity index (χ1v) is 8.62. The molecule has 8 heteroatoms. The van der Waals surface area contributed by atoms with E-state index in [0.717, 1.165) is 14.9 Å². The van der Waals surface area contributed by atoms with Crippen LogP contribution in [-0.2, 0) is 9.59 Å². The van der Waals surface area contributed by atoms with Gasteiger partial charge in [-0.1, -0.05) is 28.1 Å². The number of carbonyl (C=O) groups excluding carboxylic acids is 2. The van der Waals surface area contributed by atoms with E-state index in [1.165, 1.54) is 6.08 Å². The summed E-state index contributed by atoms with van der Waals surface area (Å²) in [5.74, 6) is -1.97. The molecule has 0 aromatic heterocycles. The lowest BCUT2D eigenvalue weighted by atomic mass is 9.96. The Morgan fingerprint density at radius 3 is 2.56 bits per heavy atom. The number of nitrogens with zero attached hydrogens (tertiary/aromatic N) is 1. The van der Waals surface area contributed by atoms with Gasteiger partial charge in [-0.05, 0) is 42.5 Å². The molecule has 1 aromatic carbocycles. The zero-order valence-corrected chi connectivity index (χ0v) is 14.9. The molecule has 1 aliphatic rings. The van der Waals surface area contributed by atoms with E-state index in [-0.39, 0.29) is 24.9 Å². The molecule has 2 amide bonds. The molecule has 0 aliphatic carbocycles. The number of alkyl halides is 3. The van der Waals surface area contributed by atoms with E-state index < -0.39 is 12.1 Å². The van der Waals surface area contributed by atoms with Gasteiger partial charge in [0, 0.05) is 30.2 Å². The summed E-state index contributed by atoms with van der Waals surface area (Å²) in [5, 5.41) is 2.75. The van der Waals surface area contributed by atoms with Gasteiger partial charge in [0.1, 0.15) is 0 Å². The van der Waals surface area contributed by atoms with Crippen molar-refractivity contribution in [3.05, 3.63) is 40.4 Å². The molecule has 136 valence electrons. The van der Waals surface area contributed by atoms with Crippen LogP contribution in [-0.4, -0.2) is 42.5 Å². The Balaban J connectivity index is 1.74. The van der Waals surface area contributed by atoms with E-state index in [0.29, 0.717) is 19.4 Å². The molecule has 0 radical (unpaired) electrons. The second-order valence-electron chi connectivity index (χ2n) is 5.87. The summed E-state index contributed by atoms with van der Waals surface area (Å²) < 4.78 is 38.0. The monoisotopic (exact) mass is 418 g/mol. The van der Waals surface area contributed by atoms with E-state index in [4.69, 9.17) is 0 Å². The number of piperidine rings is 1. The molecule has 1 aromatic rings. The molecule has 0 bridgehead atoms. The number of hydrogen-bond acceptors (Lipinski definition) is 2. The normalized spacial score (nSPS) is 16.2. The van der Waals surface area contributed by atoms with Crippen molar-refractivity contribution >= 4 is 33.8 Å². The molecule has 2 rings (SSSR count). The molecular formula is C17H18BrF3N2O2. The van der Waals surface area contributed by atoms with E-state index in [1.807, 2.05) is 24.3 Å². The molecule has 25 heavy (non-hydrogen) atoms. The Morgan fingerprint density at radius 2 is 1.96 bits per heavy atom. The number of likely N-dealkylation sites (tertiary alicyclic amines) is 1. The van der Waals surface area contributed by atoms with Gasteiger partial charge >= 0.3 is 12.1 Å². The predicted molar refractivity (Wildman–Crippen MR) is 91.5 cm³/mol. The van der Waals surface area contributed by atoms with Gasteiger partial charge < -0.3 is 10.2 Å². The minimum Gasteiger partial charge on any atom is -0.352 e. The third-order valence-corrected chi connectivity index (χ3v) is 4.48. The lowest BCUT2D eigenvalue weighted by Gasteiger charge is -2.32. The van der Waals surface area contributed by atoms with Crippen LogP contribution < -0.4 is 5.32 Å². The third-order valence-electron chi connectivity index (χ3n) is 3.99. The minimum absolute atomic E-state index is 0.0623. The number of nitrogens with one attached hydrogen (secondary N) is 1. The predicted octanol–water partition coefficient (Wildman–Crippen LogP) is 3.38. The molecule has 1 aliphatic heterocycles. The first kappa shape index (κ1) is 19.5. The van der Waals surface area contributed by atoms with Gasteiger partial charge in [-0.3, -0.25) is 9.59 Å². The summed E-state index contributed by atoms with van der Waals surface area (Å²) in [6.45, 7) is 0.509. The third kappa shape index (κ3) is 6.19. The number of rotatable bonds is 4. The number of benzene rings is 1. The molecule has 0 unspecified atom stereocenters. The highest BCUT2D eigenvalue weighted by Gasteiger charge is 2.43. The average molecular weight is 419 g/mol. The number of hydrogen-bond donors (Lipinski definition) is 1. The van der Waals surface area contributed by atoms with Gasteiger partial charge in [0.2, 0.25) is 5.91 Å². The molecule has 4 nitrogen and oxygen atoms in total. The lowest BCUT2D eigenvalue weighted by Crippen LogP contribution is -2.46. The van der Waals surface area contributed by atoms with Gasteiger partial charge in [-0.2, -0.15) is 13.2 Å². The van der Waals surface area contributed by atoms with Crippen LogP contribution in [0.2, 0.25) is 0 Å². The second kappa shape index (κ2) is 8.51. The van der Waals surface area contributed by atoms with Crippen LogP contribution in [0.5, 0.6) is 0 Å². The fourth-order valence-electron chi connectivity index (χ4n) is 2.61. The maximum atomic E-state index is 12.4. The summed E-state index contributed by atoms with van der Waals surface area (Å²) in [6, 6.07) is 7.48. The number of halogens is 4. The Morgan fingerprint density at radius 1 is 1.28 bits per heavy atom. The van der Waals surface area contributed by atoms with Crippen molar-refractivity contribution in [1.82, 2.24) is 10.2 Å². The molecular weight excluding hydrogens is 401 g/mol. The Labute approximate surface area is 152 Å². The van der Waals surface area contributed by atoms with Crippen LogP contribution in [0.25, 0.3) is 6.08 Å². The second-order valence-corrected chi connectivity index (χ2v) is 6.78. The number of amides is 2. The minimum atomic E-state index is -4.82. The van der Waals surface area contributed by atoms with Gasteiger partial charge in [0.05, 0.1) is 0 Å². The van der Waals surface area contributed by atoms with Crippen molar-refractivity contribution in [2.75, 3.05) is 19.6 Å². The van der Waals surface area contributed by atoms with Crippen molar-refractivity contribution in [3.8, 4) is 0 Å². The van der Waals surface area contributed by atoms with Crippen LogP contribution in [0.3, 0.4) is 0 Å². The van der Waals surface area contributed by atoms with E-state index in [2.05, 4.69) is 21.2 Å². The van der Waals surface area contributed by atoms with Crippen LogP contribution in [0.4, 0.5) is 13.2 Å². The van der Waals surface area contributed by atoms with Crippen LogP contribution in [0.15, 0.2) is 34.8 Å². The van der Waals surface area contributed by atoms with Crippen LogP contribution >= 0.6 is 15.9 Å². The van der Waals surface area contributed by atoms with Gasteiger partial charge in [-0.15, -0.1) is 0 Å². The highest BCUT2D eigenvalue weighted by molar-refractivity contribution is 9.10. The molecule has 1 heterocycles. The van der Waals surface area contributed by atoms with Crippen molar-refractivity contribution < 1.29 is 22.8 Å². The zero-order chi connectivity index (χ0) is 18.4. The van der Waals surface area contributed by atoms with Crippen LogP contribution in [0.1, 0.15) is 18.4 Å². The molecule has 0 atom stereocenters. The largest absolute Gasteiger partial charge is 0.471 e. The van der Waals surface area contributed by atoms with Gasteiger partial charge in [0.25, 0.3) is 0 Å². The van der Waals surface area contributed by atoms with Crippen molar-refractivity contribution in [1.29, 1.82) is 0 Å². The smallest absolute Gasteiger partial charge is 0.352 e. The maximum Gasteiger partial charge on any atom is 0.471 e. The molecule has 1 fully saturated rings. The fraction of sp³-hybridized carbons (Fsp3) is 0.412. The summed E-state index contributed by atoms with van der Waals surface area (Å²) in [7, 11) is 0. The van der Waals surface area contributed by atoms with E-state index in [1.54, 1.807) is 6.08 Å². The standard InChI is InChI=1S/C17H18BrF3N2O2/c18-14-3-1-2-12(10-14)4-5-15(24)22-11-13-6-8-23(9-7-13)16(25)17(19,20)21/h1-5,10,13H,6-9,11H2,(H,22,24)/b5-4+. The van der Waals surface area contributed by atoms with E-state index in [9.17, 15) is 22.8 Å². The average Bonchev–Trinajstić information content (AvgIpc) is 2.57. The van der Waals surface area contributed by atoms with Crippen LogP contribution in [0, 0.1) is 5.92 Å². The van der Waals surface area contributed by atoms with Gasteiger partial charge in [-0.25, -0.2) is 0 Å². The molecule has 1 N–H and O–H groups in total.